The summed E-state index contributed by atoms with van der Waals surface area (Å²) in [6, 6.07) is 0. The topological polar surface area (TPSA) is 202 Å². The number of rotatable bonds is 6. The van der Waals surface area contributed by atoms with Gasteiger partial charge >= 0.3 is 7.60 Å². The van der Waals surface area contributed by atoms with E-state index in [-0.39, 0.29) is 0 Å². The van der Waals surface area contributed by atoms with Crippen molar-refractivity contribution < 1.29 is 44.7 Å². The molecule has 0 fully saturated rings. The van der Waals surface area contributed by atoms with Gasteiger partial charge in [-0.3, -0.25) is 9.36 Å². The molecule has 1 unspecified atom stereocenters. The van der Waals surface area contributed by atoms with Crippen molar-refractivity contribution in [3.63, 3.8) is 0 Å². The number of nitrogens with two attached hydrogens (primary N) is 1. The second-order valence-electron chi connectivity index (χ2n) is 3.32. The van der Waals surface area contributed by atoms with E-state index >= 15 is 0 Å². The first-order valence-electron chi connectivity index (χ1n) is 4.25. The molecule has 17 heavy (non-hydrogen) atoms. The van der Waals surface area contributed by atoms with Crippen molar-refractivity contribution >= 4 is 13.5 Å². The molecule has 0 bridgehead atoms. The average molecular weight is 275 g/mol. The van der Waals surface area contributed by atoms with Gasteiger partial charge in [0.25, 0.3) is 0 Å². The smallest absolute Gasteiger partial charge is 0.356 e. The second kappa shape index (κ2) is 5.85. The maximum atomic E-state index is 10.5. The van der Waals surface area contributed by atoms with Crippen molar-refractivity contribution in [2.75, 3.05) is 0 Å². The maximum absolute atomic E-state index is 10.5. The van der Waals surface area contributed by atoms with Crippen LogP contribution in [-0.4, -0.2) is 71.5 Å². The molecule has 102 valence electrons. The van der Waals surface area contributed by atoms with Crippen molar-refractivity contribution in [1.82, 2.24) is 0 Å². The van der Waals surface area contributed by atoms with Crippen LogP contribution in [0.1, 0.15) is 0 Å². The normalized spacial score (nSPS) is 21.4. The molecule has 0 saturated carbocycles. The first kappa shape index (κ1) is 16.4. The molecule has 0 aromatic carbocycles. The molecule has 0 aromatic rings. The minimum Gasteiger partial charge on any atom is -0.387 e. The number of amides is 1. The van der Waals surface area contributed by atoms with Gasteiger partial charge in [0, 0.05) is 0 Å². The Morgan fingerprint density at radius 1 is 0.941 bits per heavy atom. The predicted molar refractivity (Wildman–Crippen MR) is 51.3 cm³/mol. The van der Waals surface area contributed by atoms with Gasteiger partial charge in [0.2, 0.25) is 5.91 Å². The third kappa shape index (κ3) is 4.30. The molecule has 0 aromatic heterocycles. The van der Waals surface area contributed by atoms with Crippen LogP contribution in [0, 0.1) is 0 Å². The molecule has 0 heterocycles. The Morgan fingerprint density at radius 3 is 1.65 bits per heavy atom. The van der Waals surface area contributed by atoms with Crippen LogP contribution in [-0.2, 0) is 9.36 Å². The van der Waals surface area contributed by atoms with Crippen LogP contribution in [0.4, 0.5) is 0 Å². The molecule has 0 saturated heterocycles. The van der Waals surface area contributed by atoms with Gasteiger partial charge in [0.15, 0.2) is 11.9 Å². The minimum atomic E-state index is -5.12. The highest BCUT2D eigenvalue weighted by molar-refractivity contribution is 7.52. The predicted octanol–water partition coefficient (Wildman–Crippen LogP) is -4.59. The SMILES string of the molecule is NC(=O)[C@H](O)[C@@H](O)[C@H](O)[C@H](O)C(O)P(=O)(O)O. The summed E-state index contributed by atoms with van der Waals surface area (Å²) in [7, 11) is -5.12. The molecule has 9 N–H and O–H groups in total. The summed E-state index contributed by atoms with van der Waals surface area (Å²) in [6.07, 6.45) is -9.41. The third-order valence-corrected chi connectivity index (χ3v) is 2.96. The first-order chi connectivity index (χ1) is 7.50. The fraction of sp³-hybridized carbons (Fsp3) is 0.833. The Kier molecular flexibility index (Phi) is 5.65. The first-order valence-corrected chi connectivity index (χ1v) is 5.93. The van der Waals surface area contributed by atoms with E-state index in [0.717, 1.165) is 0 Å². The van der Waals surface area contributed by atoms with E-state index in [1.807, 2.05) is 0 Å². The zero-order chi connectivity index (χ0) is 14.0. The van der Waals surface area contributed by atoms with Gasteiger partial charge in [-0.25, -0.2) is 0 Å². The standard InChI is InChI=1S/C6H14NO9P/c7-5(12)3(10)1(8)2(9)4(11)6(13)17(14,15)16/h1-4,6,8-11,13H,(H2,7,12)(H2,14,15,16)/t1-,2-,3+,4-,6?/m0/s1. The van der Waals surface area contributed by atoms with E-state index in [1.54, 1.807) is 0 Å². The fourth-order valence-corrected chi connectivity index (χ4v) is 1.51. The van der Waals surface area contributed by atoms with Crippen LogP contribution in [0.15, 0.2) is 0 Å². The molecule has 5 atom stereocenters. The molecule has 0 spiro atoms. The van der Waals surface area contributed by atoms with Crippen LogP contribution >= 0.6 is 7.60 Å². The van der Waals surface area contributed by atoms with Crippen molar-refractivity contribution in [2.24, 2.45) is 5.73 Å². The highest BCUT2D eigenvalue weighted by atomic mass is 31.2. The van der Waals surface area contributed by atoms with Crippen LogP contribution in [0.2, 0.25) is 0 Å². The monoisotopic (exact) mass is 275 g/mol. The van der Waals surface area contributed by atoms with Crippen molar-refractivity contribution in [3.8, 4) is 0 Å². The number of carbonyl (C=O) groups is 1. The van der Waals surface area contributed by atoms with Crippen molar-refractivity contribution in [3.05, 3.63) is 0 Å². The Balaban J connectivity index is 4.76. The maximum Gasteiger partial charge on any atom is 0.356 e. The molecule has 0 aliphatic carbocycles. The molecule has 11 heteroatoms. The summed E-state index contributed by atoms with van der Waals surface area (Å²) in [6.45, 7) is 0. The van der Waals surface area contributed by atoms with Gasteiger partial charge < -0.3 is 41.1 Å². The molecule has 0 aliphatic heterocycles. The van der Waals surface area contributed by atoms with E-state index in [4.69, 9.17) is 35.3 Å². The fourth-order valence-electron chi connectivity index (χ4n) is 0.932. The summed E-state index contributed by atoms with van der Waals surface area (Å²) in [5.74, 6) is -4.10. The summed E-state index contributed by atoms with van der Waals surface area (Å²) >= 11 is 0. The molecule has 0 rings (SSSR count). The van der Waals surface area contributed by atoms with Crippen LogP contribution in [0.3, 0.4) is 0 Å². The van der Waals surface area contributed by atoms with E-state index in [9.17, 15) is 9.36 Å². The Morgan fingerprint density at radius 2 is 1.35 bits per heavy atom. The molecule has 1 amide bonds. The van der Waals surface area contributed by atoms with Gasteiger partial charge in [-0.15, -0.1) is 0 Å². The number of carbonyl (C=O) groups excluding carboxylic acids is 1. The highest BCUT2D eigenvalue weighted by Gasteiger charge is 2.42. The summed E-state index contributed by atoms with van der Waals surface area (Å²) in [4.78, 5) is 27.4. The van der Waals surface area contributed by atoms with E-state index in [0.29, 0.717) is 0 Å². The molecule has 10 nitrogen and oxygen atoms in total. The zero-order valence-corrected chi connectivity index (χ0v) is 9.25. The van der Waals surface area contributed by atoms with Crippen LogP contribution in [0.25, 0.3) is 0 Å². The van der Waals surface area contributed by atoms with Gasteiger partial charge in [-0.1, -0.05) is 0 Å². The molecular weight excluding hydrogens is 261 g/mol. The zero-order valence-electron chi connectivity index (χ0n) is 8.36. The largest absolute Gasteiger partial charge is 0.387 e. The number of primary amides is 1. The van der Waals surface area contributed by atoms with Gasteiger partial charge in [0.05, 0.1) is 0 Å². The van der Waals surface area contributed by atoms with Gasteiger partial charge in [0.1, 0.15) is 18.3 Å². The number of hydrogen-bond acceptors (Lipinski definition) is 7. The highest BCUT2D eigenvalue weighted by Crippen LogP contribution is 2.42. The van der Waals surface area contributed by atoms with Crippen LogP contribution in [0.5, 0.6) is 0 Å². The third-order valence-electron chi connectivity index (χ3n) is 1.96. The Hall–Kier alpha value is -0.580. The quantitative estimate of drug-likeness (QED) is 0.219. The lowest BCUT2D eigenvalue weighted by molar-refractivity contribution is -0.148. The lowest BCUT2D eigenvalue weighted by atomic mass is 10.0. The average Bonchev–Trinajstić information content (AvgIpc) is 2.22. The molecular formula is C6H14NO9P. The Bertz CT molecular complexity index is 317. The molecule has 0 aliphatic rings. The number of aliphatic hydroxyl groups excluding tert-OH is 5. The summed E-state index contributed by atoms with van der Waals surface area (Å²) in [5.41, 5.74) is 4.58. The van der Waals surface area contributed by atoms with E-state index in [2.05, 4.69) is 5.73 Å². The number of hydrogen-bond donors (Lipinski definition) is 8. The lowest BCUT2D eigenvalue weighted by Gasteiger charge is -2.28. The molecule has 0 radical (unpaired) electrons. The van der Waals surface area contributed by atoms with Gasteiger partial charge in [-0.05, 0) is 0 Å². The van der Waals surface area contributed by atoms with E-state index in [1.165, 1.54) is 0 Å². The lowest BCUT2D eigenvalue weighted by Crippen LogP contribution is -2.52. The Labute approximate surface area is 95.1 Å². The van der Waals surface area contributed by atoms with Crippen LogP contribution < -0.4 is 5.73 Å². The van der Waals surface area contributed by atoms with E-state index < -0.39 is 43.8 Å². The number of aliphatic hydroxyl groups is 5. The van der Waals surface area contributed by atoms with Crippen molar-refractivity contribution in [2.45, 2.75) is 30.3 Å². The van der Waals surface area contributed by atoms with Gasteiger partial charge in [-0.2, -0.15) is 0 Å². The second-order valence-corrected chi connectivity index (χ2v) is 5.03. The van der Waals surface area contributed by atoms with Crippen molar-refractivity contribution in [1.29, 1.82) is 0 Å². The minimum absolute atomic E-state index is 1.42. The summed E-state index contributed by atoms with van der Waals surface area (Å²) < 4.78 is 10.5. The summed E-state index contributed by atoms with van der Waals surface area (Å²) in [5, 5.41) is 45.2.